The predicted octanol–water partition coefficient (Wildman–Crippen LogP) is 1.97. The normalized spacial score (nSPS) is 41.1. The van der Waals surface area contributed by atoms with Crippen LogP contribution in [0.1, 0.15) is 12.8 Å². The van der Waals surface area contributed by atoms with Crippen molar-refractivity contribution in [3.8, 4) is 0 Å². The molecule has 3 fully saturated rings. The van der Waals surface area contributed by atoms with Crippen LogP contribution in [0.2, 0.25) is 0 Å². The molecule has 2 aliphatic carbocycles. The van der Waals surface area contributed by atoms with Gasteiger partial charge in [-0.25, -0.2) is 4.79 Å². The largest absolute Gasteiger partial charge is 0.480 e. The number of amides is 2. The molecule has 0 unspecified atom stereocenters. The van der Waals surface area contributed by atoms with Gasteiger partial charge >= 0.3 is 5.97 Å². The molecule has 0 radical (unpaired) electrons. The number of carboxylic acids is 1. The number of carbonyl (C=O) groups is 3. The molecule has 7 atom stereocenters. The van der Waals surface area contributed by atoms with Crippen molar-refractivity contribution < 1.29 is 19.5 Å². The van der Waals surface area contributed by atoms with Crippen molar-refractivity contribution in [2.75, 3.05) is 12.0 Å². The van der Waals surface area contributed by atoms with E-state index in [0.29, 0.717) is 12.2 Å². The predicted molar refractivity (Wildman–Crippen MR) is 90.3 cm³/mol. The van der Waals surface area contributed by atoms with Crippen LogP contribution in [0.15, 0.2) is 0 Å². The monoisotopic (exact) mass is 453 g/mol. The molecule has 22 heavy (non-hydrogen) atoms. The van der Waals surface area contributed by atoms with Crippen LogP contribution in [0.4, 0.5) is 0 Å². The Bertz CT molecular complexity index is 499. The van der Waals surface area contributed by atoms with Crippen LogP contribution in [0.3, 0.4) is 0 Å². The molecule has 0 aromatic carbocycles. The zero-order chi connectivity index (χ0) is 16.2. The maximum atomic E-state index is 12.7. The minimum absolute atomic E-state index is 0.121. The number of halogens is 2. The summed E-state index contributed by atoms with van der Waals surface area (Å²) in [6.45, 7) is 0. The van der Waals surface area contributed by atoms with E-state index < -0.39 is 12.0 Å². The van der Waals surface area contributed by atoms with Crippen molar-refractivity contribution in [2.45, 2.75) is 28.5 Å². The van der Waals surface area contributed by atoms with Crippen molar-refractivity contribution >= 4 is 61.4 Å². The standard InChI is InChI=1S/C14H17Br2NO4S/c1-22-3-2-7(14(20)21)17-12(18)8-5-4-6(9(8)13(17)19)11(16)10(5)15/h5-11H,2-4H2,1H3,(H,20,21)/t5-,6+,7-,8+,9-,10-,11-/m1/s1. The molecule has 5 nitrogen and oxygen atoms in total. The Morgan fingerprint density at radius 3 is 2.18 bits per heavy atom. The zero-order valence-electron chi connectivity index (χ0n) is 11.9. The third-order valence-electron chi connectivity index (χ3n) is 5.21. The zero-order valence-corrected chi connectivity index (χ0v) is 15.9. The summed E-state index contributed by atoms with van der Waals surface area (Å²) >= 11 is 8.76. The fraction of sp³-hybridized carbons (Fsp3) is 0.786. The van der Waals surface area contributed by atoms with Crippen LogP contribution in [0.5, 0.6) is 0 Å². The van der Waals surface area contributed by atoms with Gasteiger partial charge < -0.3 is 5.11 Å². The summed E-state index contributed by atoms with van der Waals surface area (Å²) in [4.78, 5) is 38.4. The van der Waals surface area contributed by atoms with Gasteiger partial charge in [0, 0.05) is 9.65 Å². The van der Waals surface area contributed by atoms with Gasteiger partial charge in [-0.3, -0.25) is 14.5 Å². The van der Waals surface area contributed by atoms with Gasteiger partial charge in [0.15, 0.2) is 0 Å². The second kappa shape index (κ2) is 6.09. The number of aliphatic carboxylic acids is 1. The van der Waals surface area contributed by atoms with Crippen LogP contribution in [-0.4, -0.2) is 55.5 Å². The highest BCUT2D eigenvalue weighted by atomic mass is 79.9. The highest BCUT2D eigenvalue weighted by molar-refractivity contribution is 9.12. The minimum atomic E-state index is -1.09. The Hall–Kier alpha value is -0.0800. The van der Waals surface area contributed by atoms with Crippen LogP contribution < -0.4 is 0 Å². The lowest BCUT2D eigenvalue weighted by Crippen LogP contribution is -2.46. The second-order valence-corrected chi connectivity index (χ2v) is 9.29. The third-order valence-corrected chi connectivity index (χ3v) is 9.06. The Morgan fingerprint density at radius 1 is 1.27 bits per heavy atom. The number of thioether (sulfide) groups is 1. The van der Waals surface area contributed by atoms with E-state index in [1.54, 1.807) is 0 Å². The molecule has 0 aromatic heterocycles. The Balaban J connectivity index is 1.88. The summed E-state index contributed by atoms with van der Waals surface area (Å²) in [5.41, 5.74) is 0. The molecule has 1 saturated heterocycles. The lowest BCUT2D eigenvalue weighted by molar-refractivity contribution is -0.155. The molecule has 0 spiro atoms. The molecular weight excluding hydrogens is 438 g/mol. The van der Waals surface area contributed by atoms with E-state index >= 15 is 0 Å². The van der Waals surface area contributed by atoms with E-state index in [9.17, 15) is 19.5 Å². The summed E-state index contributed by atoms with van der Waals surface area (Å²) in [5, 5.41) is 9.44. The van der Waals surface area contributed by atoms with Gasteiger partial charge in [0.2, 0.25) is 11.8 Å². The van der Waals surface area contributed by atoms with Crippen LogP contribution in [0.25, 0.3) is 0 Å². The van der Waals surface area contributed by atoms with Crippen molar-refractivity contribution in [3.05, 3.63) is 0 Å². The lowest BCUT2D eigenvalue weighted by Gasteiger charge is -2.28. The van der Waals surface area contributed by atoms with Gasteiger partial charge in [0.05, 0.1) is 11.8 Å². The quantitative estimate of drug-likeness (QED) is 0.507. The number of imide groups is 1. The third kappa shape index (κ3) is 2.28. The van der Waals surface area contributed by atoms with Gasteiger partial charge in [0.1, 0.15) is 6.04 Å². The first kappa shape index (κ1) is 16.8. The first-order chi connectivity index (χ1) is 10.4. The number of nitrogens with zero attached hydrogens (tertiary/aromatic N) is 1. The summed E-state index contributed by atoms with van der Waals surface area (Å²) < 4.78 is 0. The Kier molecular flexibility index (Phi) is 4.64. The summed E-state index contributed by atoms with van der Waals surface area (Å²) in [6, 6.07) is -1.03. The molecule has 1 N–H and O–H groups in total. The van der Waals surface area contributed by atoms with Crippen molar-refractivity contribution in [1.82, 2.24) is 4.90 Å². The smallest absolute Gasteiger partial charge is 0.326 e. The number of fused-ring (bicyclic) bond motifs is 5. The van der Waals surface area contributed by atoms with Crippen molar-refractivity contribution in [2.24, 2.45) is 23.7 Å². The molecule has 1 heterocycles. The number of carbonyl (C=O) groups excluding carboxylic acids is 2. The molecule has 122 valence electrons. The SMILES string of the molecule is CSCC[C@H](C(=O)O)N1C(=O)[C@@H]2[C@@H]3C[C@@H]([C@@H](Br)[C@@H]3Br)[C@@H]2C1=O. The van der Waals surface area contributed by atoms with Crippen molar-refractivity contribution in [1.29, 1.82) is 0 Å². The highest BCUT2D eigenvalue weighted by Gasteiger charge is 2.67. The van der Waals surface area contributed by atoms with Gasteiger partial charge in [-0.05, 0) is 36.7 Å². The van der Waals surface area contributed by atoms with Gasteiger partial charge in [-0.1, -0.05) is 31.9 Å². The molecule has 8 heteroatoms. The lowest BCUT2D eigenvalue weighted by atomic mass is 9.81. The van der Waals surface area contributed by atoms with E-state index in [1.165, 1.54) is 11.8 Å². The molecule has 2 bridgehead atoms. The fourth-order valence-electron chi connectivity index (χ4n) is 4.27. The van der Waals surface area contributed by atoms with Gasteiger partial charge in [-0.15, -0.1) is 0 Å². The van der Waals surface area contributed by atoms with E-state index in [2.05, 4.69) is 31.9 Å². The second-order valence-electron chi connectivity index (χ2n) is 6.19. The number of carboxylic acid groups (broad SMARTS) is 1. The van der Waals surface area contributed by atoms with Crippen LogP contribution in [0, 0.1) is 23.7 Å². The molecular formula is C14H17Br2NO4S. The molecule has 1 aliphatic heterocycles. The van der Waals surface area contributed by atoms with Crippen LogP contribution >= 0.6 is 43.6 Å². The number of alkyl halides is 2. The molecule has 2 saturated carbocycles. The maximum Gasteiger partial charge on any atom is 0.326 e. The van der Waals surface area contributed by atoms with Gasteiger partial charge in [-0.2, -0.15) is 11.8 Å². The Labute approximate surface area is 149 Å². The van der Waals surface area contributed by atoms with E-state index in [4.69, 9.17) is 0 Å². The topological polar surface area (TPSA) is 74.7 Å². The number of rotatable bonds is 5. The summed E-state index contributed by atoms with van der Waals surface area (Å²) in [7, 11) is 0. The van der Waals surface area contributed by atoms with Crippen molar-refractivity contribution in [3.63, 3.8) is 0 Å². The number of likely N-dealkylation sites (tertiary alicyclic amines) is 1. The van der Waals surface area contributed by atoms with E-state index in [-0.39, 0.29) is 45.1 Å². The average Bonchev–Trinajstić information content (AvgIpc) is 3.06. The molecule has 3 rings (SSSR count). The Morgan fingerprint density at radius 2 is 1.77 bits per heavy atom. The van der Waals surface area contributed by atoms with Crippen LogP contribution in [-0.2, 0) is 14.4 Å². The summed E-state index contributed by atoms with van der Waals surface area (Å²) in [6.07, 6.45) is 3.04. The van der Waals surface area contributed by atoms with E-state index in [0.717, 1.165) is 11.3 Å². The summed E-state index contributed by atoms with van der Waals surface area (Å²) in [5.74, 6) is -1.47. The van der Waals surface area contributed by atoms with Gasteiger partial charge in [0.25, 0.3) is 0 Å². The first-order valence-corrected chi connectivity index (χ1v) is 10.5. The molecule has 2 amide bonds. The number of hydrogen-bond donors (Lipinski definition) is 1. The molecule has 0 aromatic rings. The maximum absolute atomic E-state index is 12.7. The van der Waals surface area contributed by atoms with E-state index in [1.807, 2.05) is 6.26 Å². The first-order valence-electron chi connectivity index (χ1n) is 7.27. The highest BCUT2D eigenvalue weighted by Crippen LogP contribution is 2.60. The molecule has 3 aliphatic rings. The minimum Gasteiger partial charge on any atom is -0.480 e. The number of hydrogen-bond acceptors (Lipinski definition) is 4. The fourth-order valence-corrected chi connectivity index (χ4v) is 6.60. The average molecular weight is 455 g/mol.